The van der Waals surface area contributed by atoms with Crippen molar-refractivity contribution in [3.8, 4) is 0 Å². The van der Waals surface area contributed by atoms with Gasteiger partial charge in [-0.25, -0.2) is 9.18 Å². The number of hydrogen-bond acceptors (Lipinski definition) is 3. The van der Waals surface area contributed by atoms with E-state index < -0.39 is 5.97 Å². The van der Waals surface area contributed by atoms with Gasteiger partial charge in [0.15, 0.2) is 0 Å². The highest BCUT2D eigenvalue weighted by molar-refractivity contribution is 6.34. The average molecular weight is 348 g/mol. The van der Waals surface area contributed by atoms with Crippen molar-refractivity contribution >= 4 is 35.2 Å². The van der Waals surface area contributed by atoms with Gasteiger partial charge in [-0.1, -0.05) is 23.7 Å². The van der Waals surface area contributed by atoms with Gasteiger partial charge in [-0.2, -0.15) is 0 Å². The van der Waals surface area contributed by atoms with E-state index in [0.717, 1.165) is 0 Å². The third-order valence-corrected chi connectivity index (χ3v) is 3.34. The molecule has 0 unspecified atom stereocenters. The Morgan fingerprint density at radius 3 is 2.54 bits per heavy atom. The van der Waals surface area contributed by atoms with E-state index in [1.807, 2.05) is 0 Å². The molecule has 0 atom stereocenters. The van der Waals surface area contributed by atoms with E-state index in [4.69, 9.17) is 16.3 Å². The monoisotopic (exact) mass is 347 g/mol. The van der Waals surface area contributed by atoms with Crippen LogP contribution in [0.3, 0.4) is 0 Å². The molecule has 0 aliphatic heterocycles. The van der Waals surface area contributed by atoms with Gasteiger partial charge in [0.05, 0.1) is 17.2 Å². The normalized spacial score (nSPS) is 10.6. The molecule has 124 valence electrons. The predicted molar refractivity (Wildman–Crippen MR) is 91.5 cm³/mol. The van der Waals surface area contributed by atoms with Crippen LogP contribution in [0.25, 0.3) is 6.08 Å². The van der Waals surface area contributed by atoms with Crippen molar-refractivity contribution in [3.63, 3.8) is 0 Å². The lowest BCUT2D eigenvalue weighted by Crippen LogP contribution is -2.09. The Labute approximate surface area is 143 Å². The average Bonchev–Trinajstić information content (AvgIpc) is 2.54. The summed E-state index contributed by atoms with van der Waals surface area (Å²) in [5.41, 5.74) is 1.38. The number of amides is 1. The third-order valence-electron chi connectivity index (χ3n) is 3.03. The summed E-state index contributed by atoms with van der Waals surface area (Å²) in [6.07, 6.45) is 2.88. The lowest BCUT2D eigenvalue weighted by Gasteiger charge is -2.07. The molecule has 4 nitrogen and oxygen atoms in total. The molecular formula is C18H15ClFNO3. The number of nitrogens with one attached hydrogen (secondary N) is 1. The minimum absolute atomic E-state index is 0.189. The van der Waals surface area contributed by atoms with Crippen LogP contribution < -0.4 is 5.32 Å². The van der Waals surface area contributed by atoms with Gasteiger partial charge in [0.2, 0.25) is 5.91 Å². The van der Waals surface area contributed by atoms with Crippen molar-refractivity contribution in [1.29, 1.82) is 0 Å². The maximum Gasteiger partial charge on any atom is 0.339 e. The van der Waals surface area contributed by atoms with Crippen LogP contribution in [0.4, 0.5) is 10.1 Å². The molecular weight excluding hydrogens is 333 g/mol. The molecule has 0 aliphatic rings. The Morgan fingerprint density at radius 1 is 1.21 bits per heavy atom. The van der Waals surface area contributed by atoms with Gasteiger partial charge in [0.1, 0.15) is 5.82 Å². The summed E-state index contributed by atoms with van der Waals surface area (Å²) in [5, 5.41) is 2.81. The third kappa shape index (κ3) is 4.93. The van der Waals surface area contributed by atoms with E-state index in [2.05, 4.69) is 5.32 Å². The van der Waals surface area contributed by atoms with Crippen molar-refractivity contribution < 1.29 is 18.7 Å². The molecule has 6 heteroatoms. The minimum Gasteiger partial charge on any atom is -0.462 e. The lowest BCUT2D eigenvalue weighted by atomic mass is 10.2. The second-order valence-corrected chi connectivity index (χ2v) is 5.20. The van der Waals surface area contributed by atoms with Gasteiger partial charge in [-0.15, -0.1) is 0 Å². The Kier molecular flexibility index (Phi) is 6.09. The molecule has 24 heavy (non-hydrogen) atoms. The number of benzene rings is 2. The van der Waals surface area contributed by atoms with E-state index in [1.54, 1.807) is 31.2 Å². The Hall–Kier alpha value is -2.66. The fraction of sp³-hybridized carbons (Fsp3) is 0.111. The van der Waals surface area contributed by atoms with E-state index in [-0.39, 0.29) is 28.9 Å². The maximum atomic E-state index is 12.8. The zero-order valence-corrected chi connectivity index (χ0v) is 13.6. The topological polar surface area (TPSA) is 55.4 Å². The quantitative estimate of drug-likeness (QED) is 0.647. The van der Waals surface area contributed by atoms with Gasteiger partial charge >= 0.3 is 5.97 Å². The summed E-state index contributed by atoms with van der Waals surface area (Å²) in [6, 6.07) is 10.3. The van der Waals surface area contributed by atoms with Gasteiger partial charge in [-0.05, 0) is 48.9 Å². The number of rotatable bonds is 5. The number of esters is 1. The molecule has 0 fully saturated rings. The van der Waals surface area contributed by atoms with Crippen LogP contribution in [0.15, 0.2) is 48.5 Å². The first-order valence-corrected chi connectivity index (χ1v) is 7.58. The molecule has 2 aromatic rings. The molecule has 0 radical (unpaired) electrons. The fourth-order valence-corrected chi connectivity index (χ4v) is 2.15. The van der Waals surface area contributed by atoms with E-state index in [0.29, 0.717) is 11.3 Å². The predicted octanol–water partition coefficient (Wildman–Crippen LogP) is 4.31. The molecule has 0 aromatic heterocycles. The van der Waals surface area contributed by atoms with E-state index in [1.165, 1.54) is 30.3 Å². The highest BCUT2D eigenvalue weighted by Gasteiger charge is 2.12. The molecule has 0 saturated carbocycles. The van der Waals surface area contributed by atoms with Crippen LogP contribution in [0.5, 0.6) is 0 Å². The van der Waals surface area contributed by atoms with Gasteiger partial charge in [0, 0.05) is 11.8 Å². The van der Waals surface area contributed by atoms with Crippen molar-refractivity contribution in [3.05, 3.63) is 70.5 Å². The van der Waals surface area contributed by atoms with Gasteiger partial charge in [-0.3, -0.25) is 4.79 Å². The fourth-order valence-electron chi connectivity index (χ4n) is 1.90. The van der Waals surface area contributed by atoms with E-state index in [9.17, 15) is 14.0 Å². The zero-order chi connectivity index (χ0) is 17.5. The van der Waals surface area contributed by atoms with Crippen molar-refractivity contribution in [2.24, 2.45) is 0 Å². The van der Waals surface area contributed by atoms with Crippen LogP contribution in [0.2, 0.25) is 5.02 Å². The summed E-state index contributed by atoms with van der Waals surface area (Å²) >= 11 is 6.03. The first-order chi connectivity index (χ1) is 11.5. The first-order valence-electron chi connectivity index (χ1n) is 7.21. The Morgan fingerprint density at radius 2 is 1.92 bits per heavy atom. The summed E-state index contributed by atoms with van der Waals surface area (Å²) in [5.74, 6) is -1.23. The molecule has 0 aliphatic carbocycles. The molecule has 1 N–H and O–H groups in total. The van der Waals surface area contributed by atoms with Crippen molar-refractivity contribution in [1.82, 2.24) is 0 Å². The second-order valence-electron chi connectivity index (χ2n) is 4.79. The summed E-state index contributed by atoms with van der Waals surface area (Å²) < 4.78 is 17.7. The number of ether oxygens (including phenoxy) is 1. The zero-order valence-electron chi connectivity index (χ0n) is 12.9. The standard InChI is InChI=1S/C18H15ClFNO3/c1-2-24-18(23)15-9-8-14(11-16(15)19)21-17(22)10-5-12-3-6-13(20)7-4-12/h3-11H,2H2,1H3,(H,21,22)/b10-5+. The second kappa shape index (κ2) is 8.26. The summed E-state index contributed by atoms with van der Waals surface area (Å²) in [4.78, 5) is 23.5. The van der Waals surface area contributed by atoms with Crippen molar-refractivity contribution in [2.45, 2.75) is 6.92 Å². The summed E-state index contributed by atoms with van der Waals surface area (Å²) in [7, 11) is 0. The number of carbonyl (C=O) groups excluding carboxylic acids is 2. The van der Waals surface area contributed by atoms with Crippen LogP contribution in [0.1, 0.15) is 22.8 Å². The number of hydrogen-bond donors (Lipinski definition) is 1. The molecule has 0 heterocycles. The van der Waals surface area contributed by atoms with Gasteiger partial charge < -0.3 is 10.1 Å². The minimum atomic E-state index is -0.517. The Bertz CT molecular complexity index is 772. The van der Waals surface area contributed by atoms with Crippen molar-refractivity contribution in [2.75, 3.05) is 11.9 Å². The largest absolute Gasteiger partial charge is 0.462 e. The first kappa shape index (κ1) is 17.7. The summed E-state index contributed by atoms with van der Waals surface area (Å²) in [6.45, 7) is 1.95. The lowest BCUT2D eigenvalue weighted by molar-refractivity contribution is -0.111. The highest BCUT2D eigenvalue weighted by atomic mass is 35.5. The molecule has 2 aromatic carbocycles. The molecule has 0 spiro atoms. The van der Waals surface area contributed by atoms with Crippen LogP contribution in [-0.2, 0) is 9.53 Å². The van der Waals surface area contributed by atoms with Crippen LogP contribution in [0, 0.1) is 5.82 Å². The molecule has 0 saturated heterocycles. The molecule has 1 amide bonds. The molecule has 2 rings (SSSR count). The number of anilines is 1. The highest BCUT2D eigenvalue weighted by Crippen LogP contribution is 2.22. The number of carbonyl (C=O) groups is 2. The Balaban J connectivity index is 2.02. The maximum absolute atomic E-state index is 12.8. The van der Waals surface area contributed by atoms with Crippen LogP contribution >= 0.6 is 11.6 Å². The van der Waals surface area contributed by atoms with E-state index >= 15 is 0 Å². The SMILES string of the molecule is CCOC(=O)c1ccc(NC(=O)/C=C/c2ccc(F)cc2)cc1Cl. The molecule has 0 bridgehead atoms. The van der Waals surface area contributed by atoms with Crippen LogP contribution in [-0.4, -0.2) is 18.5 Å². The number of halogens is 2. The smallest absolute Gasteiger partial charge is 0.339 e. The van der Waals surface area contributed by atoms with Gasteiger partial charge in [0.25, 0.3) is 0 Å².